The lowest BCUT2D eigenvalue weighted by Gasteiger charge is -2.29. The van der Waals surface area contributed by atoms with Gasteiger partial charge >= 0.3 is 0 Å². The van der Waals surface area contributed by atoms with Crippen molar-refractivity contribution in [2.24, 2.45) is 0 Å². The Kier molecular flexibility index (Phi) is 3.96. The highest BCUT2D eigenvalue weighted by atomic mass is 32.2. The molecule has 2 N–H and O–H groups in total. The van der Waals surface area contributed by atoms with Gasteiger partial charge in [0.1, 0.15) is 5.82 Å². The lowest BCUT2D eigenvalue weighted by atomic mass is 10.0. The van der Waals surface area contributed by atoms with E-state index < -0.39 is 0 Å². The predicted octanol–water partition coefficient (Wildman–Crippen LogP) is 7.61. The Morgan fingerprint density at radius 2 is 1.27 bits per heavy atom. The lowest BCUT2D eigenvalue weighted by molar-refractivity contribution is 1.05. The molecule has 5 heteroatoms. The minimum Gasteiger partial charge on any atom is -0.361 e. The third-order valence-electron chi connectivity index (χ3n) is 6.47. The molecule has 0 radical (unpaired) electrons. The molecule has 4 nitrogen and oxygen atoms in total. The number of aromatic amines is 2. The second kappa shape index (κ2) is 7.02. The number of rotatable bonds is 2. The molecule has 0 bridgehead atoms. The van der Waals surface area contributed by atoms with Gasteiger partial charge in [0.25, 0.3) is 0 Å². The Labute approximate surface area is 195 Å². The molecule has 0 saturated heterocycles. The van der Waals surface area contributed by atoms with E-state index in [0.29, 0.717) is 0 Å². The second-order valence-electron chi connectivity index (χ2n) is 8.45. The molecule has 3 aromatic carbocycles. The summed E-state index contributed by atoms with van der Waals surface area (Å²) in [6.07, 6.45) is 5.94. The SMILES string of the molecule is CN1c2ccc(-c3ccc4cc[nH]c4c3)cc2Sc2cc(-c3ccc4cc[nH]c4c3)cnc21. The molecule has 0 saturated carbocycles. The zero-order valence-corrected chi connectivity index (χ0v) is 18.8. The van der Waals surface area contributed by atoms with Gasteiger partial charge in [-0.2, -0.15) is 0 Å². The molecule has 1 aliphatic rings. The van der Waals surface area contributed by atoms with E-state index in [9.17, 15) is 0 Å². The maximum absolute atomic E-state index is 4.84. The summed E-state index contributed by atoms with van der Waals surface area (Å²) in [6.45, 7) is 0. The van der Waals surface area contributed by atoms with Gasteiger partial charge in [0, 0.05) is 47.1 Å². The van der Waals surface area contributed by atoms with Crippen molar-refractivity contribution in [3.63, 3.8) is 0 Å². The van der Waals surface area contributed by atoms with Gasteiger partial charge in [-0.3, -0.25) is 0 Å². The number of fused-ring (bicyclic) bond motifs is 4. The summed E-state index contributed by atoms with van der Waals surface area (Å²) in [6, 6.07) is 26.3. The summed E-state index contributed by atoms with van der Waals surface area (Å²) in [4.78, 5) is 16.1. The maximum Gasteiger partial charge on any atom is 0.146 e. The Morgan fingerprint density at radius 1 is 0.667 bits per heavy atom. The molecule has 6 aromatic rings. The quantitative estimate of drug-likeness (QED) is 0.289. The Morgan fingerprint density at radius 3 is 2.00 bits per heavy atom. The number of H-pyrrole nitrogens is 2. The van der Waals surface area contributed by atoms with Crippen molar-refractivity contribution in [2.45, 2.75) is 9.79 Å². The number of anilines is 2. The van der Waals surface area contributed by atoms with Gasteiger partial charge in [0.05, 0.1) is 10.6 Å². The van der Waals surface area contributed by atoms with Crippen LogP contribution in [0.25, 0.3) is 44.1 Å². The summed E-state index contributed by atoms with van der Waals surface area (Å²) < 4.78 is 0. The van der Waals surface area contributed by atoms with Crippen LogP contribution in [0.4, 0.5) is 11.5 Å². The molecule has 0 spiro atoms. The highest BCUT2D eigenvalue weighted by molar-refractivity contribution is 7.99. The summed E-state index contributed by atoms with van der Waals surface area (Å²) in [5.74, 6) is 0.998. The first kappa shape index (κ1) is 18.6. The van der Waals surface area contributed by atoms with Crippen molar-refractivity contribution in [3.05, 3.63) is 91.4 Å². The topological polar surface area (TPSA) is 47.7 Å². The van der Waals surface area contributed by atoms with Crippen LogP contribution >= 0.6 is 11.8 Å². The predicted molar refractivity (Wildman–Crippen MR) is 137 cm³/mol. The number of nitrogens with one attached hydrogen (secondary N) is 2. The first-order valence-corrected chi connectivity index (χ1v) is 11.8. The van der Waals surface area contributed by atoms with Crippen LogP contribution in [0.3, 0.4) is 0 Å². The van der Waals surface area contributed by atoms with Gasteiger partial charge in [-0.05, 0) is 69.9 Å². The van der Waals surface area contributed by atoms with Crippen LogP contribution < -0.4 is 4.90 Å². The standard InChI is InChI=1S/C28H20N4S/c1-32-25-7-6-21(19-4-2-17-8-10-29-23(17)12-19)14-26(25)33-27-15-22(16-31-28(27)32)20-5-3-18-9-11-30-24(18)13-20/h2-16,29-30H,1H3. The van der Waals surface area contributed by atoms with E-state index in [1.807, 2.05) is 18.6 Å². The fraction of sp³-hybridized carbons (Fsp3) is 0.0357. The minimum absolute atomic E-state index is 0.998. The average molecular weight is 445 g/mol. The Balaban J connectivity index is 1.28. The normalized spacial score (nSPS) is 12.8. The minimum atomic E-state index is 0.998. The molecule has 7 rings (SSSR count). The number of nitrogens with zero attached hydrogens (tertiary/aromatic N) is 2. The summed E-state index contributed by atoms with van der Waals surface area (Å²) in [5.41, 5.74) is 8.22. The Bertz CT molecular complexity index is 1550. The van der Waals surface area contributed by atoms with Crippen LogP contribution in [0.2, 0.25) is 0 Å². The van der Waals surface area contributed by atoms with E-state index in [1.165, 1.54) is 42.9 Å². The molecule has 0 atom stereocenters. The molecule has 3 aromatic heterocycles. The monoisotopic (exact) mass is 444 g/mol. The molecule has 0 fully saturated rings. The molecule has 1 aliphatic heterocycles. The summed E-state index contributed by atoms with van der Waals surface area (Å²) >= 11 is 1.79. The van der Waals surface area contributed by atoms with Gasteiger partial charge < -0.3 is 14.9 Å². The van der Waals surface area contributed by atoms with Crippen molar-refractivity contribution in [1.29, 1.82) is 0 Å². The largest absolute Gasteiger partial charge is 0.361 e. The zero-order chi connectivity index (χ0) is 21.9. The zero-order valence-electron chi connectivity index (χ0n) is 18.0. The second-order valence-corrected chi connectivity index (χ2v) is 9.53. The number of hydrogen-bond acceptors (Lipinski definition) is 3. The fourth-order valence-corrected chi connectivity index (χ4v) is 5.86. The van der Waals surface area contributed by atoms with Gasteiger partial charge in [-0.15, -0.1) is 0 Å². The lowest BCUT2D eigenvalue weighted by Crippen LogP contribution is -2.16. The molecule has 158 valence electrons. The summed E-state index contributed by atoms with van der Waals surface area (Å²) in [7, 11) is 2.10. The van der Waals surface area contributed by atoms with E-state index in [2.05, 4.69) is 94.7 Å². The highest BCUT2D eigenvalue weighted by Crippen LogP contribution is 2.48. The van der Waals surface area contributed by atoms with Crippen LogP contribution in [0.5, 0.6) is 0 Å². The van der Waals surface area contributed by atoms with Gasteiger partial charge in [0.15, 0.2) is 0 Å². The number of benzene rings is 3. The van der Waals surface area contributed by atoms with Crippen molar-refractivity contribution >= 4 is 45.1 Å². The van der Waals surface area contributed by atoms with E-state index in [4.69, 9.17) is 4.98 Å². The number of pyridine rings is 1. The first-order valence-electron chi connectivity index (χ1n) is 10.9. The first-order chi connectivity index (χ1) is 16.2. The molecule has 4 heterocycles. The van der Waals surface area contributed by atoms with Crippen LogP contribution in [-0.4, -0.2) is 22.0 Å². The van der Waals surface area contributed by atoms with E-state index in [0.717, 1.165) is 22.4 Å². The third-order valence-corrected chi connectivity index (χ3v) is 7.54. The van der Waals surface area contributed by atoms with Crippen molar-refractivity contribution < 1.29 is 0 Å². The third kappa shape index (κ3) is 2.97. The highest BCUT2D eigenvalue weighted by Gasteiger charge is 2.23. The fourth-order valence-electron chi connectivity index (χ4n) is 4.66. The van der Waals surface area contributed by atoms with E-state index in [1.54, 1.807) is 11.8 Å². The number of aromatic nitrogens is 3. The van der Waals surface area contributed by atoms with Gasteiger partial charge in [-0.25, -0.2) is 4.98 Å². The summed E-state index contributed by atoms with van der Waals surface area (Å²) in [5, 5.41) is 2.45. The Hall–Kier alpha value is -3.96. The van der Waals surface area contributed by atoms with Gasteiger partial charge in [-0.1, -0.05) is 42.1 Å². The molecule has 0 aliphatic carbocycles. The molecule has 0 amide bonds. The average Bonchev–Trinajstić information content (AvgIpc) is 3.52. The van der Waals surface area contributed by atoms with E-state index >= 15 is 0 Å². The van der Waals surface area contributed by atoms with E-state index in [-0.39, 0.29) is 0 Å². The van der Waals surface area contributed by atoms with Crippen molar-refractivity contribution in [3.8, 4) is 22.3 Å². The van der Waals surface area contributed by atoms with Crippen LogP contribution in [-0.2, 0) is 0 Å². The van der Waals surface area contributed by atoms with Crippen LogP contribution in [0.1, 0.15) is 0 Å². The van der Waals surface area contributed by atoms with Crippen molar-refractivity contribution in [2.75, 3.05) is 11.9 Å². The van der Waals surface area contributed by atoms with Gasteiger partial charge in [0.2, 0.25) is 0 Å². The van der Waals surface area contributed by atoms with Crippen molar-refractivity contribution in [1.82, 2.24) is 15.0 Å². The van der Waals surface area contributed by atoms with Crippen LogP contribution in [0, 0.1) is 0 Å². The number of hydrogen-bond donors (Lipinski definition) is 2. The molecule has 0 unspecified atom stereocenters. The molecular weight excluding hydrogens is 424 g/mol. The smallest absolute Gasteiger partial charge is 0.146 e. The molecule has 33 heavy (non-hydrogen) atoms. The van der Waals surface area contributed by atoms with Crippen LogP contribution in [0.15, 0.2) is 101 Å². The molecular formula is C28H20N4S. The maximum atomic E-state index is 4.84.